The van der Waals surface area contributed by atoms with Crippen molar-refractivity contribution >= 4 is 33.9 Å². The van der Waals surface area contributed by atoms with Crippen molar-refractivity contribution in [2.45, 2.75) is 17.0 Å². The summed E-state index contributed by atoms with van der Waals surface area (Å²) in [5.74, 6) is 1.12. The fourth-order valence-electron chi connectivity index (χ4n) is 1.62. The molecule has 108 valence electrons. The second kappa shape index (κ2) is 6.23. The molecule has 2 aromatic heterocycles. The molecular weight excluding hydrogens is 311 g/mol. The number of thioether (sulfide) groups is 1. The molecular formula is C13H11FN4OS2. The van der Waals surface area contributed by atoms with Crippen LogP contribution in [-0.2, 0) is 5.75 Å². The lowest BCUT2D eigenvalue weighted by Crippen LogP contribution is -1.92. The van der Waals surface area contributed by atoms with Crippen LogP contribution in [0.1, 0.15) is 11.5 Å². The largest absolute Gasteiger partial charge is 0.361 e. The molecule has 0 bridgehead atoms. The van der Waals surface area contributed by atoms with Gasteiger partial charge in [-0.2, -0.15) is 0 Å². The first-order valence-corrected chi connectivity index (χ1v) is 7.91. The Hall–Kier alpha value is -1.93. The average molecular weight is 322 g/mol. The van der Waals surface area contributed by atoms with E-state index < -0.39 is 0 Å². The van der Waals surface area contributed by atoms with E-state index in [-0.39, 0.29) is 5.82 Å². The lowest BCUT2D eigenvalue weighted by molar-refractivity contribution is 0.393. The van der Waals surface area contributed by atoms with Crippen molar-refractivity contribution in [3.05, 3.63) is 47.6 Å². The van der Waals surface area contributed by atoms with E-state index in [4.69, 9.17) is 4.52 Å². The molecule has 0 amide bonds. The van der Waals surface area contributed by atoms with Crippen molar-refractivity contribution in [1.29, 1.82) is 0 Å². The highest BCUT2D eigenvalue weighted by Crippen LogP contribution is 2.30. The zero-order valence-corrected chi connectivity index (χ0v) is 12.7. The molecule has 0 aliphatic carbocycles. The Morgan fingerprint density at radius 2 is 2.19 bits per heavy atom. The summed E-state index contributed by atoms with van der Waals surface area (Å²) < 4.78 is 19.3. The van der Waals surface area contributed by atoms with E-state index in [1.54, 1.807) is 18.2 Å². The molecule has 3 aromatic rings. The smallest absolute Gasteiger partial charge is 0.210 e. The van der Waals surface area contributed by atoms with Gasteiger partial charge in [-0.25, -0.2) is 4.39 Å². The summed E-state index contributed by atoms with van der Waals surface area (Å²) in [4.78, 5) is 0. The van der Waals surface area contributed by atoms with Gasteiger partial charge in [-0.3, -0.25) is 0 Å². The summed E-state index contributed by atoms with van der Waals surface area (Å²) in [5, 5.41) is 15.4. The predicted molar refractivity (Wildman–Crippen MR) is 80.4 cm³/mol. The highest BCUT2D eigenvalue weighted by atomic mass is 32.2. The topological polar surface area (TPSA) is 63.8 Å². The number of nitrogens with zero attached hydrogens (tertiary/aromatic N) is 3. The fraction of sp³-hybridized carbons (Fsp3) is 0.154. The van der Waals surface area contributed by atoms with Gasteiger partial charge in [-0.1, -0.05) is 40.4 Å². The zero-order valence-electron chi connectivity index (χ0n) is 11.0. The van der Waals surface area contributed by atoms with Crippen LogP contribution in [0.4, 0.5) is 15.2 Å². The van der Waals surface area contributed by atoms with E-state index in [0.717, 1.165) is 15.8 Å². The van der Waals surface area contributed by atoms with Crippen molar-refractivity contribution in [2.75, 3.05) is 5.32 Å². The maximum Gasteiger partial charge on any atom is 0.210 e. The number of rotatable bonds is 5. The third-order valence-electron chi connectivity index (χ3n) is 2.54. The van der Waals surface area contributed by atoms with Gasteiger partial charge in [0, 0.05) is 11.8 Å². The Kier molecular flexibility index (Phi) is 4.16. The summed E-state index contributed by atoms with van der Waals surface area (Å²) in [6, 6.07) is 8.33. The lowest BCUT2D eigenvalue weighted by Gasteiger charge is -2.01. The number of nitrogens with one attached hydrogen (secondary N) is 1. The van der Waals surface area contributed by atoms with Gasteiger partial charge in [-0.05, 0) is 19.1 Å². The number of aromatic nitrogens is 3. The van der Waals surface area contributed by atoms with Gasteiger partial charge in [0.15, 0.2) is 4.34 Å². The molecule has 0 aliphatic heterocycles. The number of para-hydroxylation sites is 1. The van der Waals surface area contributed by atoms with Gasteiger partial charge < -0.3 is 9.84 Å². The van der Waals surface area contributed by atoms with Crippen molar-refractivity contribution in [1.82, 2.24) is 15.4 Å². The summed E-state index contributed by atoms with van der Waals surface area (Å²) in [6.07, 6.45) is 0. The van der Waals surface area contributed by atoms with Gasteiger partial charge in [0.2, 0.25) is 5.13 Å². The molecule has 0 saturated carbocycles. The third kappa shape index (κ3) is 3.59. The van der Waals surface area contributed by atoms with E-state index in [0.29, 0.717) is 16.6 Å². The summed E-state index contributed by atoms with van der Waals surface area (Å²) in [7, 11) is 0. The number of halogens is 1. The van der Waals surface area contributed by atoms with E-state index >= 15 is 0 Å². The zero-order chi connectivity index (χ0) is 14.7. The Labute approximate surface area is 128 Å². The Balaban J connectivity index is 1.62. The second-order valence-electron chi connectivity index (χ2n) is 4.20. The average Bonchev–Trinajstić information content (AvgIpc) is 3.08. The minimum Gasteiger partial charge on any atom is -0.361 e. The Bertz CT molecular complexity index is 743. The molecule has 1 N–H and O–H groups in total. The maximum absolute atomic E-state index is 13.5. The number of anilines is 2. The molecule has 0 aliphatic rings. The van der Waals surface area contributed by atoms with Gasteiger partial charge in [0.05, 0.1) is 11.4 Å². The minimum absolute atomic E-state index is 0.319. The van der Waals surface area contributed by atoms with Crippen LogP contribution in [0.25, 0.3) is 0 Å². The van der Waals surface area contributed by atoms with Crippen LogP contribution in [0.2, 0.25) is 0 Å². The van der Waals surface area contributed by atoms with Crippen molar-refractivity contribution in [3.63, 3.8) is 0 Å². The van der Waals surface area contributed by atoms with E-state index in [1.807, 2.05) is 13.0 Å². The molecule has 0 spiro atoms. The van der Waals surface area contributed by atoms with Gasteiger partial charge in [0.1, 0.15) is 11.6 Å². The molecule has 21 heavy (non-hydrogen) atoms. The van der Waals surface area contributed by atoms with Crippen LogP contribution in [-0.4, -0.2) is 15.4 Å². The number of hydrogen-bond donors (Lipinski definition) is 1. The van der Waals surface area contributed by atoms with Gasteiger partial charge >= 0.3 is 0 Å². The van der Waals surface area contributed by atoms with Crippen molar-refractivity contribution < 1.29 is 8.91 Å². The van der Waals surface area contributed by atoms with E-state index in [9.17, 15) is 4.39 Å². The van der Waals surface area contributed by atoms with Crippen LogP contribution in [0.3, 0.4) is 0 Å². The van der Waals surface area contributed by atoms with E-state index in [1.165, 1.54) is 29.2 Å². The Morgan fingerprint density at radius 1 is 1.33 bits per heavy atom. The molecule has 0 saturated heterocycles. The molecule has 0 unspecified atom stereocenters. The first-order chi connectivity index (χ1) is 10.2. The molecule has 5 nitrogen and oxygen atoms in total. The molecule has 1 aromatic carbocycles. The quantitative estimate of drug-likeness (QED) is 0.716. The van der Waals surface area contributed by atoms with Crippen molar-refractivity contribution in [2.24, 2.45) is 0 Å². The number of benzene rings is 1. The Morgan fingerprint density at radius 3 is 2.95 bits per heavy atom. The molecule has 0 radical (unpaired) electrons. The molecule has 8 heteroatoms. The maximum atomic E-state index is 13.5. The van der Waals surface area contributed by atoms with Crippen LogP contribution in [0, 0.1) is 12.7 Å². The lowest BCUT2D eigenvalue weighted by atomic mass is 10.3. The monoisotopic (exact) mass is 322 g/mol. The summed E-state index contributed by atoms with van der Waals surface area (Å²) in [6.45, 7) is 1.85. The SMILES string of the molecule is Cc1cc(CSc2nnc(Nc3ccccc3F)s2)no1. The normalized spacial score (nSPS) is 10.8. The molecule has 3 rings (SSSR count). The molecule has 0 atom stereocenters. The number of hydrogen-bond acceptors (Lipinski definition) is 7. The predicted octanol–water partition coefficient (Wildman–Crippen LogP) is 4.01. The van der Waals surface area contributed by atoms with Crippen LogP contribution in [0.5, 0.6) is 0 Å². The standard InChI is InChI=1S/C13H11FN4OS2/c1-8-6-9(18-19-8)7-20-13-17-16-12(21-13)15-11-5-3-2-4-10(11)14/h2-6H,7H2,1H3,(H,15,16). The molecule has 2 heterocycles. The fourth-order valence-corrected chi connectivity index (χ4v) is 3.26. The minimum atomic E-state index is -0.319. The van der Waals surface area contributed by atoms with Crippen LogP contribution < -0.4 is 5.32 Å². The summed E-state index contributed by atoms with van der Waals surface area (Å²) in [5.41, 5.74) is 1.24. The molecule has 0 fully saturated rings. The van der Waals surface area contributed by atoms with Crippen LogP contribution in [0.15, 0.2) is 39.2 Å². The van der Waals surface area contributed by atoms with Gasteiger partial charge in [-0.15, -0.1) is 10.2 Å². The summed E-state index contributed by atoms with van der Waals surface area (Å²) >= 11 is 2.88. The van der Waals surface area contributed by atoms with Crippen molar-refractivity contribution in [3.8, 4) is 0 Å². The van der Waals surface area contributed by atoms with Crippen LogP contribution >= 0.6 is 23.1 Å². The first-order valence-electron chi connectivity index (χ1n) is 6.11. The second-order valence-corrected chi connectivity index (χ2v) is 6.40. The number of aryl methyl sites for hydroxylation is 1. The highest BCUT2D eigenvalue weighted by Gasteiger charge is 2.09. The van der Waals surface area contributed by atoms with E-state index in [2.05, 4.69) is 20.7 Å². The van der Waals surface area contributed by atoms with Gasteiger partial charge in [0.25, 0.3) is 0 Å². The third-order valence-corrected chi connectivity index (χ3v) is 4.55. The highest BCUT2D eigenvalue weighted by molar-refractivity contribution is 8.00. The first kappa shape index (κ1) is 14.0.